The van der Waals surface area contributed by atoms with Crippen LogP contribution in [-0.4, -0.2) is 39.6 Å². The van der Waals surface area contributed by atoms with Crippen LogP contribution in [0.2, 0.25) is 10.0 Å². The second kappa shape index (κ2) is 9.93. The first-order valence-corrected chi connectivity index (χ1v) is 12.3. The van der Waals surface area contributed by atoms with E-state index in [1.54, 1.807) is 12.4 Å². The monoisotopic (exact) mass is 521 g/mol. The van der Waals surface area contributed by atoms with Gasteiger partial charge in [0, 0.05) is 42.0 Å². The molecular formula is C27H25Cl2N5O2. The number of hydrogen-bond donors (Lipinski definition) is 2. The number of anilines is 1. The SMILES string of the molecule is C=CC(=O)Nc1cc2c(cc1-c1n[nH]c3ccc(O[C@H](C)c4c(Cl)cncc4Cl)cc13)CN(C)CC2. The molecule has 0 fully saturated rings. The number of ether oxygens (including phenoxy) is 1. The maximum absolute atomic E-state index is 12.2. The van der Waals surface area contributed by atoms with E-state index in [2.05, 4.69) is 51.2 Å². The van der Waals surface area contributed by atoms with E-state index in [-0.39, 0.29) is 5.91 Å². The number of fused-ring (bicyclic) bond motifs is 2. The van der Waals surface area contributed by atoms with Crippen LogP contribution in [0.4, 0.5) is 5.69 Å². The fourth-order valence-electron chi connectivity index (χ4n) is 4.58. The van der Waals surface area contributed by atoms with Crippen LogP contribution in [0, 0.1) is 0 Å². The third-order valence-electron chi connectivity index (χ3n) is 6.39. The van der Waals surface area contributed by atoms with Crippen LogP contribution < -0.4 is 10.1 Å². The number of H-pyrrole nitrogens is 1. The highest BCUT2D eigenvalue weighted by Gasteiger charge is 2.21. The molecule has 0 spiro atoms. The number of amides is 1. The number of likely N-dealkylation sites (N-methyl/N-ethyl adjacent to an activating group) is 1. The Labute approximate surface area is 219 Å². The van der Waals surface area contributed by atoms with E-state index in [4.69, 9.17) is 27.9 Å². The van der Waals surface area contributed by atoms with Crippen molar-refractivity contribution in [2.45, 2.75) is 26.0 Å². The van der Waals surface area contributed by atoms with E-state index in [0.29, 0.717) is 27.0 Å². The van der Waals surface area contributed by atoms with Crippen LogP contribution in [0.5, 0.6) is 5.75 Å². The number of carbonyl (C=O) groups is 1. The Kier molecular flexibility index (Phi) is 6.71. The third-order valence-corrected chi connectivity index (χ3v) is 6.99. The predicted octanol–water partition coefficient (Wildman–Crippen LogP) is 6.18. The van der Waals surface area contributed by atoms with Crippen LogP contribution in [0.1, 0.15) is 29.7 Å². The topological polar surface area (TPSA) is 83.1 Å². The standard InChI is InChI=1S/C27H25Cl2N5O2/c1-4-25(35)31-24-10-16-7-8-34(3)14-17(16)9-19(24)27-20-11-18(5-6-23(20)32-33-27)36-15(2)26-21(28)12-30-13-22(26)29/h4-6,9-13,15H,1,7-8,14H2,2-3H3,(H,31,35)(H,32,33)/t15-/m1/s1. The number of halogens is 2. The number of aromatic nitrogens is 3. The molecule has 0 saturated heterocycles. The van der Waals surface area contributed by atoms with Gasteiger partial charge in [0.1, 0.15) is 17.5 Å². The number of pyridine rings is 1. The molecule has 2 aromatic heterocycles. The highest BCUT2D eigenvalue weighted by atomic mass is 35.5. The molecule has 0 aliphatic carbocycles. The molecular weight excluding hydrogens is 497 g/mol. The van der Waals surface area contributed by atoms with Crippen LogP contribution in [0.3, 0.4) is 0 Å². The molecule has 2 N–H and O–H groups in total. The van der Waals surface area contributed by atoms with Crippen LogP contribution in [-0.2, 0) is 17.8 Å². The minimum absolute atomic E-state index is 0.270. The van der Waals surface area contributed by atoms with Crippen molar-refractivity contribution in [3.63, 3.8) is 0 Å². The van der Waals surface area contributed by atoms with Crippen molar-refractivity contribution in [2.75, 3.05) is 18.9 Å². The van der Waals surface area contributed by atoms with Gasteiger partial charge >= 0.3 is 0 Å². The van der Waals surface area contributed by atoms with Gasteiger partial charge in [0.2, 0.25) is 5.91 Å². The molecule has 3 heterocycles. The molecule has 0 radical (unpaired) electrons. The molecule has 184 valence electrons. The molecule has 7 nitrogen and oxygen atoms in total. The fourth-order valence-corrected chi connectivity index (χ4v) is 5.25. The van der Waals surface area contributed by atoms with Crippen molar-refractivity contribution >= 4 is 45.7 Å². The number of rotatable bonds is 6. The summed E-state index contributed by atoms with van der Waals surface area (Å²) < 4.78 is 6.22. The first-order chi connectivity index (χ1) is 17.3. The Balaban J connectivity index is 1.57. The van der Waals surface area contributed by atoms with Crippen molar-refractivity contribution in [3.05, 3.63) is 82.1 Å². The van der Waals surface area contributed by atoms with Gasteiger partial charge in [0.15, 0.2) is 0 Å². The van der Waals surface area contributed by atoms with Gasteiger partial charge in [-0.2, -0.15) is 5.10 Å². The van der Waals surface area contributed by atoms with Gasteiger partial charge < -0.3 is 15.0 Å². The average Bonchev–Trinajstić information content (AvgIpc) is 3.26. The lowest BCUT2D eigenvalue weighted by Crippen LogP contribution is -2.26. The fraction of sp³-hybridized carbons (Fsp3) is 0.222. The minimum Gasteiger partial charge on any atom is -0.486 e. The smallest absolute Gasteiger partial charge is 0.247 e. The van der Waals surface area contributed by atoms with E-state index in [1.165, 1.54) is 17.2 Å². The average molecular weight is 522 g/mol. The molecule has 0 bridgehead atoms. The molecule has 0 unspecified atom stereocenters. The van der Waals surface area contributed by atoms with Crippen molar-refractivity contribution < 1.29 is 9.53 Å². The summed E-state index contributed by atoms with van der Waals surface area (Å²) in [6, 6.07) is 9.88. The minimum atomic E-state index is -0.400. The van der Waals surface area contributed by atoms with Gasteiger partial charge in [-0.1, -0.05) is 29.8 Å². The van der Waals surface area contributed by atoms with Crippen molar-refractivity contribution in [3.8, 4) is 17.0 Å². The molecule has 1 aliphatic rings. The number of carbonyl (C=O) groups excluding carboxylic acids is 1. The first kappa shape index (κ1) is 24.3. The lowest BCUT2D eigenvalue weighted by molar-refractivity contribution is -0.111. The second-order valence-electron chi connectivity index (χ2n) is 8.90. The van der Waals surface area contributed by atoms with Crippen LogP contribution in [0.25, 0.3) is 22.2 Å². The molecule has 36 heavy (non-hydrogen) atoms. The Morgan fingerprint density at radius 1 is 1.22 bits per heavy atom. The van der Waals surface area contributed by atoms with Crippen molar-refractivity contribution in [2.24, 2.45) is 0 Å². The summed E-state index contributed by atoms with van der Waals surface area (Å²) in [7, 11) is 2.10. The highest BCUT2D eigenvalue weighted by Crippen LogP contribution is 2.38. The summed E-state index contributed by atoms with van der Waals surface area (Å²) in [6.07, 6.45) is 4.88. The molecule has 1 aliphatic heterocycles. The van der Waals surface area contributed by atoms with Gasteiger partial charge in [0.25, 0.3) is 0 Å². The Hall–Kier alpha value is -3.39. The summed E-state index contributed by atoms with van der Waals surface area (Å²) in [5.41, 5.74) is 6.21. The lowest BCUT2D eigenvalue weighted by Gasteiger charge is -2.26. The van der Waals surface area contributed by atoms with E-state index in [1.807, 2.05) is 25.1 Å². The largest absolute Gasteiger partial charge is 0.486 e. The number of benzene rings is 2. The van der Waals surface area contributed by atoms with E-state index < -0.39 is 6.10 Å². The van der Waals surface area contributed by atoms with Crippen molar-refractivity contribution in [1.82, 2.24) is 20.1 Å². The molecule has 0 saturated carbocycles. The van der Waals surface area contributed by atoms with Crippen molar-refractivity contribution in [1.29, 1.82) is 0 Å². The number of hydrogen-bond acceptors (Lipinski definition) is 5. The van der Waals surface area contributed by atoms with E-state index in [9.17, 15) is 4.79 Å². The Bertz CT molecular complexity index is 1460. The second-order valence-corrected chi connectivity index (χ2v) is 9.72. The summed E-state index contributed by atoms with van der Waals surface area (Å²) in [6.45, 7) is 7.28. The summed E-state index contributed by atoms with van der Waals surface area (Å²) in [5.74, 6) is 0.365. The molecule has 1 amide bonds. The third kappa shape index (κ3) is 4.69. The Morgan fingerprint density at radius 3 is 2.75 bits per heavy atom. The van der Waals surface area contributed by atoms with Gasteiger partial charge in [0.05, 0.1) is 21.2 Å². The molecule has 2 aromatic carbocycles. The molecule has 4 aromatic rings. The summed E-state index contributed by atoms with van der Waals surface area (Å²) in [4.78, 5) is 18.5. The Morgan fingerprint density at radius 2 is 2.00 bits per heavy atom. The molecule has 1 atom stereocenters. The highest BCUT2D eigenvalue weighted by molar-refractivity contribution is 6.35. The van der Waals surface area contributed by atoms with Crippen LogP contribution in [0.15, 0.2) is 55.4 Å². The lowest BCUT2D eigenvalue weighted by atomic mass is 9.94. The normalized spacial score (nSPS) is 14.3. The number of aromatic amines is 1. The maximum atomic E-state index is 12.2. The molecule has 9 heteroatoms. The summed E-state index contributed by atoms with van der Waals surface area (Å²) in [5, 5.41) is 12.4. The van der Waals surface area contributed by atoms with Gasteiger partial charge in [-0.05, 0) is 67.9 Å². The first-order valence-electron chi connectivity index (χ1n) is 11.6. The van der Waals surface area contributed by atoms with Gasteiger partial charge in [-0.3, -0.25) is 14.9 Å². The van der Waals surface area contributed by atoms with Crippen LogP contribution >= 0.6 is 23.2 Å². The zero-order valence-electron chi connectivity index (χ0n) is 19.9. The zero-order valence-corrected chi connectivity index (χ0v) is 21.5. The van der Waals surface area contributed by atoms with E-state index >= 15 is 0 Å². The number of nitrogens with one attached hydrogen (secondary N) is 2. The molecule has 5 rings (SSSR count). The number of nitrogens with zero attached hydrogens (tertiary/aromatic N) is 3. The zero-order chi connectivity index (χ0) is 25.4. The maximum Gasteiger partial charge on any atom is 0.247 e. The predicted molar refractivity (Wildman–Crippen MR) is 144 cm³/mol. The van der Waals surface area contributed by atoms with Gasteiger partial charge in [-0.25, -0.2) is 0 Å². The van der Waals surface area contributed by atoms with E-state index in [0.717, 1.165) is 41.7 Å². The summed E-state index contributed by atoms with van der Waals surface area (Å²) >= 11 is 12.7. The quantitative estimate of drug-likeness (QED) is 0.296. The van der Waals surface area contributed by atoms with Gasteiger partial charge in [-0.15, -0.1) is 0 Å².